The average molecular weight is 410 g/mol. The summed E-state index contributed by atoms with van der Waals surface area (Å²) in [6.07, 6.45) is 1.13. The van der Waals surface area contributed by atoms with Gasteiger partial charge >= 0.3 is 6.09 Å². The van der Waals surface area contributed by atoms with Crippen LogP contribution in [0, 0.1) is 0 Å². The van der Waals surface area contributed by atoms with Gasteiger partial charge < -0.3 is 9.26 Å². The Balaban J connectivity index is 1.56. The predicted molar refractivity (Wildman–Crippen MR) is 107 cm³/mol. The molecule has 3 heterocycles. The molecule has 0 bridgehead atoms. The fourth-order valence-corrected chi connectivity index (χ4v) is 2.78. The molecule has 0 radical (unpaired) electrons. The largest absolute Gasteiger partial charge is 0.444 e. The van der Waals surface area contributed by atoms with E-state index in [0.29, 0.717) is 11.7 Å². The molecule has 4 rings (SSSR count). The lowest BCUT2D eigenvalue weighted by molar-refractivity contribution is 0.0635. The summed E-state index contributed by atoms with van der Waals surface area (Å²) in [5.74, 6) is 0.939. The fraction of sp³-hybridized carbons (Fsp3) is 0.368. The monoisotopic (exact) mass is 410 g/mol. The standard InChI is InChI=1S/C19H22N8O3/c1-18(2,3)29-17(28)20-14-10-11-26(23-14)19(4,5)15-21-16(24-30-15)27-13-9-7-6-8-12(13)22-25-27/h6-11H,1-5H3,(H,20,23,28). The number of ether oxygens (including phenoxy) is 1. The van der Waals surface area contributed by atoms with Crippen LogP contribution in [0.25, 0.3) is 17.0 Å². The smallest absolute Gasteiger partial charge is 0.413 e. The van der Waals surface area contributed by atoms with Crippen molar-refractivity contribution < 1.29 is 14.1 Å². The van der Waals surface area contributed by atoms with Gasteiger partial charge in [0.25, 0.3) is 11.8 Å². The number of nitrogens with one attached hydrogen (secondary N) is 1. The van der Waals surface area contributed by atoms with Crippen LogP contribution in [-0.2, 0) is 10.3 Å². The third-order valence-corrected chi connectivity index (χ3v) is 4.27. The number of para-hydroxylation sites is 1. The summed E-state index contributed by atoms with van der Waals surface area (Å²) in [5, 5.41) is 19.2. The molecule has 0 aliphatic carbocycles. The first-order valence-electron chi connectivity index (χ1n) is 9.35. The molecule has 0 saturated heterocycles. The molecular formula is C19H22N8O3. The van der Waals surface area contributed by atoms with Crippen molar-refractivity contribution in [2.75, 3.05) is 5.32 Å². The highest BCUT2D eigenvalue weighted by atomic mass is 16.6. The van der Waals surface area contributed by atoms with E-state index in [1.165, 1.54) is 4.68 Å². The molecule has 4 aromatic rings. The van der Waals surface area contributed by atoms with Crippen molar-refractivity contribution in [3.05, 3.63) is 42.4 Å². The zero-order valence-electron chi connectivity index (χ0n) is 17.3. The number of nitrogens with zero attached hydrogens (tertiary/aromatic N) is 7. The summed E-state index contributed by atoms with van der Waals surface area (Å²) in [6.45, 7) is 9.11. The summed E-state index contributed by atoms with van der Waals surface area (Å²) in [5.41, 5.74) is 0.117. The first-order valence-corrected chi connectivity index (χ1v) is 9.35. The minimum absolute atomic E-state index is 0.269. The molecule has 0 unspecified atom stereocenters. The molecule has 1 amide bonds. The Morgan fingerprint density at radius 3 is 2.67 bits per heavy atom. The number of carbonyl (C=O) groups is 1. The molecule has 0 aliphatic rings. The van der Waals surface area contributed by atoms with Gasteiger partial charge in [-0.1, -0.05) is 17.3 Å². The van der Waals surface area contributed by atoms with Gasteiger partial charge in [-0.05, 0) is 51.9 Å². The summed E-state index contributed by atoms with van der Waals surface area (Å²) in [4.78, 5) is 16.4. The molecule has 0 saturated carbocycles. The van der Waals surface area contributed by atoms with Crippen LogP contribution < -0.4 is 5.32 Å². The van der Waals surface area contributed by atoms with Crippen LogP contribution in [0.2, 0.25) is 0 Å². The lowest BCUT2D eigenvalue weighted by Crippen LogP contribution is -2.30. The van der Waals surface area contributed by atoms with Gasteiger partial charge in [-0.3, -0.25) is 10.00 Å². The number of benzene rings is 1. The third-order valence-electron chi connectivity index (χ3n) is 4.27. The van der Waals surface area contributed by atoms with Crippen LogP contribution >= 0.6 is 0 Å². The number of carbonyl (C=O) groups excluding carboxylic acids is 1. The fourth-order valence-electron chi connectivity index (χ4n) is 2.78. The van der Waals surface area contributed by atoms with E-state index in [1.807, 2.05) is 38.1 Å². The number of hydrogen-bond acceptors (Lipinski definition) is 8. The Kier molecular flexibility index (Phi) is 4.52. The molecule has 11 heteroatoms. The van der Waals surface area contributed by atoms with E-state index in [0.717, 1.165) is 11.0 Å². The summed E-state index contributed by atoms with van der Waals surface area (Å²) in [6, 6.07) is 9.15. The zero-order valence-corrected chi connectivity index (χ0v) is 17.3. The van der Waals surface area contributed by atoms with Crippen LogP contribution in [0.3, 0.4) is 0 Å². The molecule has 0 fully saturated rings. The van der Waals surface area contributed by atoms with Crippen molar-refractivity contribution in [2.45, 2.75) is 45.8 Å². The van der Waals surface area contributed by atoms with E-state index in [9.17, 15) is 4.79 Å². The van der Waals surface area contributed by atoms with Gasteiger partial charge in [-0.15, -0.1) is 5.10 Å². The van der Waals surface area contributed by atoms with Gasteiger partial charge in [-0.2, -0.15) is 14.8 Å². The maximum atomic E-state index is 12.0. The highest BCUT2D eigenvalue weighted by Gasteiger charge is 2.32. The first kappa shape index (κ1) is 19.6. The van der Waals surface area contributed by atoms with E-state index in [2.05, 4.69) is 30.9 Å². The quantitative estimate of drug-likeness (QED) is 0.544. The molecule has 3 aromatic heterocycles. The molecule has 1 aromatic carbocycles. The number of anilines is 1. The van der Waals surface area contributed by atoms with Crippen molar-refractivity contribution >= 4 is 22.9 Å². The predicted octanol–water partition coefficient (Wildman–Crippen LogP) is 3.13. The molecule has 0 aliphatic heterocycles. The Hall–Kier alpha value is -3.76. The van der Waals surface area contributed by atoms with E-state index >= 15 is 0 Å². The van der Waals surface area contributed by atoms with E-state index in [4.69, 9.17) is 9.26 Å². The summed E-state index contributed by atoms with van der Waals surface area (Å²) < 4.78 is 13.9. The molecule has 11 nitrogen and oxygen atoms in total. The molecule has 0 spiro atoms. The minimum atomic E-state index is -0.782. The second kappa shape index (κ2) is 6.94. The Morgan fingerprint density at radius 1 is 1.13 bits per heavy atom. The summed E-state index contributed by atoms with van der Waals surface area (Å²) >= 11 is 0. The Bertz CT molecular complexity index is 1200. The van der Waals surface area contributed by atoms with E-state index in [1.54, 1.807) is 37.7 Å². The Labute approximate surface area is 172 Å². The van der Waals surface area contributed by atoms with Crippen molar-refractivity contribution in [1.29, 1.82) is 0 Å². The maximum Gasteiger partial charge on any atom is 0.413 e. The zero-order chi connectivity index (χ0) is 21.5. The lowest BCUT2D eigenvalue weighted by atomic mass is 10.1. The van der Waals surface area contributed by atoms with E-state index < -0.39 is 17.2 Å². The van der Waals surface area contributed by atoms with Gasteiger partial charge in [0.2, 0.25) is 0 Å². The normalized spacial score (nSPS) is 12.3. The van der Waals surface area contributed by atoms with Crippen molar-refractivity contribution in [2.24, 2.45) is 0 Å². The molecule has 1 N–H and O–H groups in total. The number of fused-ring (bicyclic) bond motifs is 1. The molecular weight excluding hydrogens is 388 g/mol. The number of aromatic nitrogens is 7. The van der Waals surface area contributed by atoms with Crippen molar-refractivity contribution in [3.8, 4) is 5.95 Å². The van der Waals surface area contributed by atoms with Gasteiger partial charge in [0.1, 0.15) is 16.7 Å². The van der Waals surface area contributed by atoms with Crippen LogP contribution in [0.5, 0.6) is 0 Å². The maximum absolute atomic E-state index is 12.0. The van der Waals surface area contributed by atoms with Crippen LogP contribution in [0.4, 0.5) is 10.6 Å². The summed E-state index contributed by atoms with van der Waals surface area (Å²) in [7, 11) is 0. The van der Waals surface area contributed by atoms with E-state index in [-0.39, 0.29) is 5.95 Å². The SMILES string of the molecule is CC(C)(C)OC(=O)Nc1ccn(C(C)(C)c2nc(-n3nnc4ccccc43)no2)n1. The molecule has 156 valence electrons. The first-order chi connectivity index (χ1) is 14.1. The van der Waals surface area contributed by atoms with Crippen molar-refractivity contribution in [1.82, 2.24) is 34.9 Å². The van der Waals surface area contributed by atoms with Crippen LogP contribution in [0.1, 0.15) is 40.5 Å². The third kappa shape index (κ3) is 3.73. The van der Waals surface area contributed by atoms with Gasteiger partial charge in [-0.25, -0.2) is 4.79 Å². The van der Waals surface area contributed by atoms with Gasteiger partial charge in [0.05, 0.1) is 5.52 Å². The van der Waals surface area contributed by atoms with Crippen LogP contribution in [0.15, 0.2) is 41.1 Å². The topological polar surface area (TPSA) is 126 Å². The van der Waals surface area contributed by atoms with Crippen molar-refractivity contribution in [3.63, 3.8) is 0 Å². The van der Waals surface area contributed by atoms with Gasteiger partial charge in [0.15, 0.2) is 5.82 Å². The second-order valence-electron chi connectivity index (χ2n) is 8.22. The number of amides is 1. The second-order valence-corrected chi connectivity index (χ2v) is 8.22. The van der Waals surface area contributed by atoms with Crippen LogP contribution in [-0.4, -0.2) is 46.6 Å². The number of rotatable bonds is 4. The minimum Gasteiger partial charge on any atom is -0.444 e. The van der Waals surface area contributed by atoms with Gasteiger partial charge in [0, 0.05) is 12.3 Å². The molecule has 0 atom stereocenters. The molecule has 30 heavy (non-hydrogen) atoms. The highest BCUT2D eigenvalue weighted by molar-refractivity contribution is 5.83. The average Bonchev–Trinajstić information content (AvgIpc) is 3.39. The highest BCUT2D eigenvalue weighted by Crippen LogP contribution is 2.25. The Morgan fingerprint density at radius 2 is 1.90 bits per heavy atom. The number of hydrogen-bond donors (Lipinski definition) is 1. The lowest BCUT2D eigenvalue weighted by Gasteiger charge is -2.21.